The fraction of sp³-hybridized carbons (Fsp3) is 0.105. The van der Waals surface area contributed by atoms with Crippen molar-refractivity contribution < 1.29 is 4.79 Å². The first-order valence-electron chi connectivity index (χ1n) is 8.52. The average molecular weight is 394 g/mol. The number of allylic oxidation sites excluding steroid dienone is 1. The van der Waals surface area contributed by atoms with Crippen molar-refractivity contribution in [3.63, 3.8) is 0 Å². The molecule has 0 aliphatic heterocycles. The number of hydrogen-bond donors (Lipinski definition) is 1. The molecule has 3 heterocycles. The standard InChI is InChI=1S/C19H16ClN7O/c1-3-4-17(28)24-16-9-12(2)25-27(16)19-15-10-23-26(18(15)21-11-22-19)14-7-5-13(20)6-8-14/h3-11H,1-2H3,(H,24,28)/b4-3+. The number of fused-ring (bicyclic) bond motifs is 1. The Morgan fingerprint density at radius 1 is 1.18 bits per heavy atom. The number of hydrogen-bond acceptors (Lipinski definition) is 5. The van der Waals surface area contributed by atoms with Crippen LogP contribution in [0.4, 0.5) is 5.82 Å². The van der Waals surface area contributed by atoms with E-state index in [1.54, 1.807) is 46.8 Å². The molecule has 0 bridgehead atoms. The molecule has 8 nitrogen and oxygen atoms in total. The Morgan fingerprint density at radius 2 is 1.96 bits per heavy atom. The summed E-state index contributed by atoms with van der Waals surface area (Å²) in [7, 11) is 0. The summed E-state index contributed by atoms with van der Waals surface area (Å²) in [6.45, 7) is 3.62. The van der Waals surface area contributed by atoms with Crippen LogP contribution in [-0.2, 0) is 4.79 Å². The number of benzene rings is 1. The van der Waals surface area contributed by atoms with Gasteiger partial charge >= 0.3 is 0 Å². The van der Waals surface area contributed by atoms with Crippen LogP contribution in [-0.4, -0.2) is 35.4 Å². The first kappa shape index (κ1) is 17.9. The molecule has 0 aliphatic carbocycles. The van der Waals surface area contributed by atoms with Gasteiger partial charge in [0, 0.05) is 11.1 Å². The molecule has 0 aliphatic rings. The molecule has 3 aromatic heterocycles. The second kappa shape index (κ2) is 7.24. The molecular formula is C19H16ClN7O. The number of halogens is 1. The van der Waals surface area contributed by atoms with Crippen LogP contribution in [0.5, 0.6) is 0 Å². The molecule has 9 heteroatoms. The maximum Gasteiger partial charge on any atom is 0.249 e. The Kier molecular flexibility index (Phi) is 4.62. The van der Waals surface area contributed by atoms with Gasteiger partial charge in [-0.15, -0.1) is 0 Å². The number of nitrogens with zero attached hydrogens (tertiary/aromatic N) is 6. The van der Waals surface area contributed by atoms with Crippen LogP contribution in [0.25, 0.3) is 22.5 Å². The SMILES string of the molecule is C/C=C/C(=O)Nc1cc(C)nn1-c1ncnc2c1cnn2-c1ccc(Cl)cc1. The first-order valence-corrected chi connectivity index (χ1v) is 8.90. The lowest BCUT2D eigenvalue weighted by atomic mass is 10.3. The molecule has 1 amide bonds. The Balaban J connectivity index is 1.83. The molecule has 4 rings (SSSR count). The third-order valence-corrected chi connectivity index (χ3v) is 4.27. The summed E-state index contributed by atoms with van der Waals surface area (Å²) in [4.78, 5) is 20.7. The number of nitrogens with one attached hydrogen (secondary N) is 1. The zero-order valence-electron chi connectivity index (χ0n) is 15.2. The Hall–Kier alpha value is -3.52. The second-order valence-corrected chi connectivity index (χ2v) is 6.48. The largest absolute Gasteiger partial charge is 0.307 e. The molecular weight excluding hydrogens is 378 g/mol. The predicted octanol–water partition coefficient (Wildman–Crippen LogP) is 3.48. The van der Waals surface area contributed by atoms with Gasteiger partial charge in [-0.1, -0.05) is 17.7 Å². The van der Waals surface area contributed by atoms with E-state index in [1.165, 1.54) is 12.4 Å². The highest BCUT2D eigenvalue weighted by Gasteiger charge is 2.17. The van der Waals surface area contributed by atoms with E-state index < -0.39 is 0 Å². The minimum Gasteiger partial charge on any atom is -0.307 e. The normalized spacial score (nSPS) is 11.4. The summed E-state index contributed by atoms with van der Waals surface area (Å²) >= 11 is 5.97. The maximum absolute atomic E-state index is 12.0. The molecule has 4 aromatic rings. The maximum atomic E-state index is 12.0. The highest BCUT2D eigenvalue weighted by atomic mass is 35.5. The third-order valence-electron chi connectivity index (χ3n) is 4.02. The molecule has 1 N–H and O–H groups in total. The molecule has 0 fully saturated rings. The summed E-state index contributed by atoms with van der Waals surface area (Å²) in [5, 5.41) is 13.1. The number of rotatable bonds is 4. The van der Waals surface area contributed by atoms with Crippen molar-refractivity contribution in [2.45, 2.75) is 13.8 Å². The van der Waals surface area contributed by atoms with Crippen LogP contribution in [0.3, 0.4) is 0 Å². The van der Waals surface area contributed by atoms with Gasteiger partial charge in [-0.05, 0) is 44.2 Å². The highest BCUT2D eigenvalue weighted by Crippen LogP contribution is 2.24. The summed E-state index contributed by atoms with van der Waals surface area (Å²) < 4.78 is 3.28. The van der Waals surface area contributed by atoms with Crippen LogP contribution in [0.1, 0.15) is 12.6 Å². The zero-order valence-corrected chi connectivity index (χ0v) is 15.9. The lowest BCUT2D eigenvalue weighted by molar-refractivity contribution is -0.111. The van der Waals surface area contributed by atoms with Gasteiger partial charge in [-0.25, -0.2) is 14.6 Å². The topological polar surface area (TPSA) is 90.5 Å². The molecule has 1 aromatic carbocycles. The molecule has 28 heavy (non-hydrogen) atoms. The summed E-state index contributed by atoms with van der Waals surface area (Å²) in [6.07, 6.45) is 6.23. The number of carbonyl (C=O) groups is 1. The third kappa shape index (κ3) is 3.25. The van der Waals surface area contributed by atoms with E-state index in [0.29, 0.717) is 27.7 Å². The van der Waals surface area contributed by atoms with Crippen LogP contribution >= 0.6 is 11.6 Å². The van der Waals surface area contributed by atoms with Crippen molar-refractivity contribution in [2.75, 3.05) is 5.32 Å². The highest BCUT2D eigenvalue weighted by molar-refractivity contribution is 6.30. The van der Waals surface area contributed by atoms with Gasteiger partial charge in [0.2, 0.25) is 5.91 Å². The van der Waals surface area contributed by atoms with Crippen molar-refractivity contribution in [2.24, 2.45) is 0 Å². The average Bonchev–Trinajstić information content (AvgIpc) is 3.26. The lowest BCUT2D eigenvalue weighted by Crippen LogP contribution is -2.13. The Labute approximate surface area is 165 Å². The van der Waals surface area contributed by atoms with Crippen LogP contribution in [0.2, 0.25) is 5.02 Å². The fourth-order valence-electron chi connectivity index (χ4n) is 2.84. The minimum absolute atomic E-state index is 0.245. The van der Waals surface area contributed by atoms with E-state index in [-0.39, 0.29) is 5.91 Å². The van der Waals surface area contributed by atoms with Crippen LogP contribution < -0.4 is 5.32 Å². The van der Waals surface area contributed by atoms with Crippen molar-refractivity contribution in [1.82, 2.24) is 29.5 Å². The summed E-state index contributed by atoms with van der Waals surface area (Å²) in [5.41, 5.74) is 2.18. The molecule has 0 spiro atoms. The predicted molar refractivity (Wildman–Crippen MR) is 107 cm³/mol. The number of aryl methyl sites for hydroxylation is 1. The van der Waals surface area contributed by atoms with Crippen molar-refractivity contribution >= 4 is 34.4 Å². The quantitative estimate of drug-likeness (QED) is 0.536. The number of aromatic nitrogens is 6. The van der Waals surface area contributed by atoms with E-state index in [4.69, 9.17) is 11.6 Å². The molecule has 0 saturated carbocycles. The van der Waals surface area contributed by atoms with E-state index >= 15 is 0 Å². The van der Waals surface area contributed by atoms with Gasteiger partial charge < -0.3 is 5.32 Å². The zero-order chi connectivity index (χ0) is 19.7. The van der Waals surface area contributed by atoms with E-state index in [1.807, 2.05) is 19.1 Å². The van der Waals surface area contributed by atoms with E-state index in [0.717, 1.165) is 11.4 Å². The van der Waals surface area contributed by atoms with Crippen molar-refractivity contribution in [3.05, 3.63) is 65.7 Å². The second-order valence-electron chi connectivity index (χ2n) is 6.04. The molecule has 140 valence electrons. The molecule has 0 saturated heterocycles. The summed E-state index contributed by atoms with van der Waals surface area (Å²) in [5.74, 6) is 0.791. The van der Waals surface area contributed by atoms with E-state index in [2.05, 4.69) is 25.5 Å². The molecule has 0 unspecified atom stereocenters. The Morgan fingerprint density at radius 3 is 2.71 bits per heavy atom. The monoisotopic (exact) mass is 393 g/mol. The van der Waals surface area contributed by atoms with Crippen molar-refractivity contribution in [3.8, 4) is 11.5 Å². The lowest BCUT2D eigenvalue weighted by Gasteiger charge is -2.08. The van der Waals surface area contributed by atoms with Gasteiger partial charge in [0.1, 0.15) is 12.1 Å². The van der Waals surface area contributed by atoms with Gasteiger partial charge in [0.25, 0.3) is 0 Å². The minimum atomic E-state index is -0.245. The van der Waals surface area contributed by atoms with Crippen molar-refractivity contribution in [1.29, 1.82) is 0 Å². The smallest absolute Gasteiger partial charge is 0.249 e. The molecule has 0 atom stereocenters. The first-order chi connectivity index (χ1) is 13.6. The number of carbonyl (C=O) groups excluding carboxylic acids is 1. The Bertz CT molecular complexity index is 1190. The number of amides is 1. The summed E-state index contributed by atoms with van der Waals surface area (Å²) in [6, 6.07) is 9.07. The van der Waals surface area contributed by atoms with Gasteiger partial charge in [0.05, 0.1) is 23.0 Å². The fourth-order valence-corrected chi connectivity index (χ4v) is 2.97. The van der Waals surface area contributed by atoms with Crippen LogP contribution in [0, 0.1) is 6.92 Å². The van der Waals surface area contributed by atoms with Gasteiger partial charge in [0.15, 0.2) is 11.5 Å². The van der Waals surface area contributed by atoms with E-state index in [9.17, 15) is 4.79 Å². The number of anilines is 1. The van der Waals surface area contributed by atoms with Gasteiger partial charge in [-0.2, -0.15) is 14.9 Å². The van der Waals surface area contributed by atoms with Gasteiger partial charge in [-0.3, -0.25) is 4.79 Å². The van der Waals surface area contributed by atoms with Crippen LogP contribution in [0.15, 0.2) is 55.0 Å². The molecule has 0 radical (unpaired) electrons.